The Balaban J connectivity index is 2.49. The third kappa shape index (κ3) is 2.17. The summed E-state index contributed by atoms with van der Waals surface area (Å²) in [5.41, 5.74) is 2.80. The van der Waals surface area contributed by atoms with Crippen LogP contribution in [0.5, 0.6) is 0 Å². The van der Waals surface area contributed by atoms with Gasteiger partial charge in [0.2, 0.25) is 0 Å². The summed E-state index contributed by atoms with van der Waals surface area (Å²) in [7, 11) is 1.85. The van der Waals surface area contributed by atoms with Crippen LogP contribution in [0.25, 0.3) is 11.1 Å². The van der Waals surface area contributed by atoms with Crippen LogP contribution in [0.2, 0.25) is 5.02 Å². The maximum absolute atomic E-state index is 12.9. The summed E-state index contributed by atoms with van der Waals surface area (Å²) >= 11 is 6.00. The Labute approximate surface area is 98.9 Å². The van der Waals surface area contributed by atoms with Crippen LogP contribution in [-0.2, 0) is 0 Å². The van der Waals surface area contributed by atoms with E-state index in [-0.39, 0.29) is 5.82 Å². The van der Waals surface area contributed by atoms with Gasteiger partial charge in [-0.05, 0) is 35.9 Å². The summed E-state index contributed by atoms with van der Waals surface area (Å²) in [5, 5.41) is 3.48. The molecule has 0 spiro atoms. The molecule has 2 rings (SSSR count). The topological polar surface area (TPSA) is 12.0 Å². The summed E-state index contributed by atoms with van der Waals surface area (Å²) in [6.45, 7) is 0. The van der Waals surface area contributed by atoms with Crippen LogP contribution in [0.1, 0.15) is 0 Å². The predicted octanol–water partition coefficient (Wildman–Crippen LogP) is 4.19. The van der Waals surface area contributed by atoms with Gasteiger partial charge in [-0.1, -0.05) is 23.7 Å². The minimum atomic E-state index is -0.321. The number of rotatable bonds is 2. The van der Waals surface area contributed by atoms with E-state index in [9.17, 15) is 4.39 Å². The predicted molar refractivity (Wildman–Crippen MR) is 66.4 cm³/mol. The molecule has 2 aromatic carbocycles. The Morgan fingerprint density at radius 2 is 1.94 bits per heavy atom. The molecule has 0 aromatic heterocycles. The summed E-state index contributed by atoms with van der Waals surface area (Å²) in [4.78, 5) is 0. The third-order valence-corrected chi connectivity index (χ3v) is 2.71. The number of hydrogen-bond acceptors (Lipinski definition) is 1. The smallest absolute Gasteiger partial charge is 0.124 e. The van der Waals surface area contributed by atoms with E-state index >= 15 is 0 Å². The molecule has 1 nitrogen and oxygen atoms in total. The van der Waals surface area contributed by atoms with Gasteiger partial charge in [0.15, 0.2) is 0 Å². The molecule has 1 N–H and O–H groups in total. The molecular formula is C13H11ClFN. The summed E-state index contributed by atoms with van der Waals surface area (Å²) in [6.07, 6.45) is 0. The van der Waals surface area contributed by atoms with Gasteiger partial charge < -0.3 is 5.32 Å². The third-order valence-electron chi connectivity index (χ3n) is 2.39. The van der Waals surface area contributed by atoms with Gasteiger partial charge in [-0.2, -0.15) is 0 Å². The zero-order chi connectivity index (χ0) is 11.5. The Hall–Kier alpha value is -1.54. The lowest BCUT2D eigenvalue weighted by molar-refractivity contribution is 0.628. The quantitative estimate of drug-likeness (QED) is 0.823. The van der Waals surface area contributed by atoms with Crippen LogP contribution >= 0.6 is 11.6 Å². The minimum absolute atomic E-state index is 0.321. The molecule has 0 fully saturated rings. The Kier molecular flexibility index (Phi) is 3.11. The molecule has 82 valence electrons. The molecule has 0 aliphatic carbocycles. The van der Waals surface area contributed by atoms with Gasteiger partial charge in [0, 0.05) is 18.3 Å². The molecule has 0 atom stereocenters. The monoisotopic (exact) mass is 235 g/mol. The minimum Gasteiger partial charge on any atom is -0.388 e. The second kappa shape index (κ2) is 4.54. The van der Waals surface area contributed by atoms with Crippen LogP contribution in [0, 0.1) is 5.82 Å². The van der Waals surface area contributed by atoms with Crippen molar-refractivity contribution >= 4 is 17.3 Å². The molecule has 0 amide bonds. The van der Waals surface area contributed by atoms with Crippen molar-refractivity contribution in [2.45, 2.75) is 0 Å². The van der Waals surface area contributed by atoms with E-state index in [1.807, 2.05) is 31.3 Å². The number of benzene rings is 2. The molecule has 16 heavy (non-hydrogen) atoms. The van der Waals surface area contributed by atoms with Crippen LogP contribution in [0.3, 0.4) is 0 Å². The molecule has 0 aliphatic rings. The lowest BCUT2D eigenvalue weighted by atomic mass is 10.1. The van der Waals surface area contributed by atoms with Crippen molar-refractivity contribution in [1.82, 2.24) is 0 Å². The normalized spacial score (nSPS) is 10.2. The van der Waals surface area contributed by atoms with Crippen molar-refractivity contribution < 1.29 is 4.39 Å². The van der Waals surface area contributed by atoms with Crippen molar-refractivity contribution in [2.75, 3.05) is 12.4 Å². The van der Waals surface area contributed by atoms with E-state index in [4.69, 9.17) is 11.6 Å². The molecule has 0 unspecified atom stereocenters. The van der Waals surface area contributed by atoms with E-state index < -0.39 is 0 Å². The van der Waals surface area contributed by atoms with Gasteiger partial charge in [-0.3, -0.25) is 0 Å². The molecule has 0 aliphatic heterocycles. The molecule has 0 saturated heterocycles. The van der Waals surface area contributed by atoms with Crippen LogP contribution in [0.15, 0.2) is 42.5 Å². The molecule has 0 heterocycles. The highest BCUT2D eigenvalue weighted by Gasteiger charge is 2.04. The molecule has 0 bridgehead atoms. The lowest BCUT2D eigenvalue weighted by Crippen LogP contribution is -1.88. The first-order valence-electron chi connectivity index (χ1n) is 4.94. The maximum atomic E-state index is 12.9. The van der Waals surface area contributed by atoms with E-state index in [1.54, 1.807) is 6.07 Å². The van der Waals surface area contributed by atoms with E-state index in [1.165, 1.54) is 12.1 Å². The van der Waals surface area contributed by atoms with Crippen molar-refractivity contribution in [2.24, 2.45) is 0 Å². The van der Waals surface area contributed by atoms with Crippen molar-refractivity contribution in [3.05, 3.63) is 53.3 Å². The lowest BCUT2D eigenvalue weighted by Gasteiger charge is -2.07. The highest BCUT2D eigenvalue weighted by molar-refractivity contribution is 6.33. The molecule has 2 aromatic rings. The van der Waals surface area contributed by atoms with Crippen LogP contribution in [0.4, 0.5) is 10.1 Å². The first kappa shape index (κ1) is 11.0. The zero-order valence-electron chi connectivity index (χ0n) is 8.80. The highest BCUT2D eigenvalue weighted by atomic mass is 35.5. The van der Waals surface area contributed by atoms with E-state index in [2.05, 4.69) is 5.32 Å². The molecule has 0 saturated carbocycles. The van der Waals surface area contributed by atoms with Gasteiger partial charge in [0.1, 0.15) is 5.82 Å². The second-order valence-electron chi connectivity index (χ2n) is 3.45. The van der Waals surface area contributed by atoms with Gasteiger partial charge in [-0.25, -0.2) is 4.39 Å². The van der Waals surface area contributed by atoms with Gasteiger partial charge in [0.05, 0.1) is 5.02 Å². The first-order chi connectivity index (χ1) is 7.70. The fourth-order valence-electron chi connectivity index (χ4n) is 1.57. The summed E-state index contributed by atoms with van der Waals surface area (Å²) in [6, 6.07) is 12.2. The van der Waals surface area contributed by atoms with Crippen molar-refractivity contribution in [1.29, 1.82) is 0 Å². The summed E-state index contributed by atoms with van der Waals surface area (Å²) in [5.74, 6) is -0.321. The van der Waals surface area contributed by atoms with E-state index in [0.717, 1.165) is 16.8 Å². The number of nitrogens with one attached hydrogen (secondary N) is 1. The Morgan fingerprint density at radius 3 is 2.62 bits per heavy atom. The fraction of sp³-hybridized carbons (Fsp3) is 0.0769. The fourth-order valence-corrected chi connectivity index (χ4v) is 1.84. The largest absolute Gasteiger partial charge is 0.388 e. The van der Waals surface area contributed by atoms with Crippen molar-refractivity contribution in [3.63, 3.8) is 0 Å². The number of anilines is 1. The average Bonchev–Trinajstić information content (AvgIpc) is 2.29. The van der Waals surface area contributed by atoms with Gasteiger partial charge in [-0.15, -0.1) is 0 Å². The van der Waals surface area contributed by atoms with Crippen molar-refractivity contribution in [3.8, 4) is 11.1 Å². The maximum Gasteiger partial charge on any atom is 0.124 e. The molecule has 3 heteroatoms. The Bertz CT molecular complexity index is 511. The summed E-state index contributed by atoms with van der Waals surface area (Å²) < 4.78 is 12.9. The average molecular weight is 236 g/mol. The SMILES string of the molecule is CNc1cccc(-c2ccc(F)cc2Cl)c1. The van der Waals surface area contributed by atoms with Gasteiger partial charge in [0.25, 0.3) is 0 Å². The van der Waals surface area contributed by atoms with Crippen LogP contribution < -0.4 is 5.32 Å². The zero-order valence-corrected chi connectivity index (χ0v) is 9.55. The van der Waals surface area contributed by atoms with Crippen LogP contribution in [-0.4, -0.2) is 7.05 Å². The molecule has 0 radical (unpaired) electrons. The Morgan fingerprint density at radius 1 is 1.12 bits per heavy atom. The number of hydrogen-bond donors (Lipinski definition) is 1. The standard InChI is InChI=1S/C13H11ClFN/c1-16-11-4-2-3-9(7-11)12-6-5-10(15)8-13(12)14/h2-8,16H,1H3. The second-order valence-corrected chi connectivity index (χ2v) is 3.86. The van der Waals surface area contributed by atoms with Gasteiger partial charge >= 0.3 is 0 Å². The number of halogens is 2. The first-order valence-corrected chi connectivity index (χ1v) is 5.32. The van der Waals surface area contributed by atoms with E-state index in [0.29, 0.717) is 5.02 Å². The highest BCUT2D eigenvalue weighted by Crippen LogP contribution is 2.29. The molecular weight excluding hydrogens is 225 g/mol.